The monoisotopic (exact) mass is 268 g/mol. The number of benzene rings is 2. The number of aryl methyl sites for hydroxylation is 1. The largest absolute Gasteiger partial charge is 0.508 e. The maximum atomic E-state index is 10.3. The minimum atomic E-state index is -0.156. The van der Waals surface area contributed by atoms with Crippen LogP contribution < -0.4 is 0 Å². The van der Waals surface area contributed by atoms with Gasteiger partial charge in [0, 0.05) is 5.41 Å². The van der Waals surface area contributed by atoms with E-state index in [4.69, 9.17) is 0 Å². The van der Waals surface area contributed by atoms with Gasteiger partial charge in [-0.15, -0.1) is 0 Å². The van der Waals surface area contributed by atoms with E-state index in [0.29, 0.717) is 11.7 Å². The predicted octanol–water partition coefficient (Wildman–Crippen LogP) is 3.74. The number of rotatable bonds is 0. The molecule has 2 N–H and O–H groups in total. The van der Waals surface area contributed by atoms with Gasteiger partial charge in [-0.25, -0.2) is 0 Å². The number of aliphatic hydroxyl groups excluding tert-OH is 1. The highest BCUT2D eigenvalue weighted by atomic mass is 16.3. The Bertz CT molecular complexity index is 691. The van der Waals surface area contributed by atoms with Crippen molar-refractivity contribution in [2.45, 2.75) is 44.6 Å². The van der Waals surface area contributed by atoms with Crippen LogP contribution in [0.15, 0.2) is 30.3 Å². The second kappa shape index (κ2) is 3.98. The summed E-state index contributed by atoms with van der Waals surface area (Å²) in [5.41, 5.74) is 2.91. The number of aliphatic hydroxyl groups is 1. The molecule has 0 spiro atoms. The first-order chi connectivity index (χ1) is 9.59. The molecule has 1 unspecified atom stereocenters. The zero-order valence-corrected chi connectivity index (χ0v) is 11.8. The molecule has 2 aliphatic carbocycles. The van der Waals surface area contributed by atoms with Crippen LogP contribution in [0.5, 0.6) is 5.75 Å². The predicted molar refractivity (Wildman–Crippen MR) is 80.0 cm³/mol. The van der Waals surface area contributed by atoms with Crippen molar-refractivity contribution in [1.29, 1.82) is 0 Å². The molecule has 104 valence electrons. The maximum absolute atomic E-state index is 10.3. The third-order valence-corrected chi connectivity index (χ3v) is 5.73. The van der Waals surface area contributed by atoms with Crippen molar-refractivity contribution in [3.63, 3.8) is 0 Å². The molecule has 2 nitrogen and oxygen atoms in total. The van der Waals surface area contributed by atoms with Gasteiger partial charge in [0.15, 0.2) is 0 Å². The summed E-state index contributed by atoms with van der Waals surface area (Å²) in [6.45, 7) is 2.25. The Hall–Kier alpha value is -1.54. The van der Waals surface area contributed by atoms with Crippen molar-refractivity contribution in [2.75, 3.05) is 0 Å². The Kier molecular flexibility index (Phi) is 2.43. The van der Waals surface area contributed by atoms with Crippen LogP contribution in [0, 0.1) is 5.41 Å². The highest BCUT2D eigenvalue weighted by Crippen LogP contribution is 2.56. The number of phenolic OH excluding ortho intramolecular Hbond substituents is 1. The molecule has 0 aromatic heterocycles. The molecule has 4 rings (SSSR count). The highest BCUT2D eigenvalue weighted by molar-refractivity contribution is 5.88. The highest BCUT2D eigenvalue weighted by Gasteiger charge is 2.48. The van der Waals surface area contributed by atoms with Gasteiger partial charge in [0.1, 0.15) is 5.75 Å². The van der Waals surface area contributed by atoms with Crippen molar-refractivity contribution < 1.29 is 10.2 Å². The van der Waals surface area contributed by atoms with E-state index in [-0.39, 0.29) is 11.5 Å². The minimum absolute atomic E-state index is 0.0532. The van der Waals surface area contributed by atoms with Gasteiger partial charge in [0.2, 0.25) is 0 Å². The van der Waals surface area contributed by atoms with E-state index >= 15 is 0 Å². The fourth-order valence-electron chi connectivity index (χ4n) is 4.47. The normalized spacial score (nSPS) is 32.1. The number of fused-ring (bicyclic) bond motifs is 5. The molecule has 2 heteroatoms. The molecule has 2 aromatic carbocycles. The van der Waals surface area contributed by atoms with Crippen molar-refractivity contribution in [2.24, 2.45) is 5.41 Å². The molecule has 0 aliphatic heterocycles. The van der Waals surface area contributed by atoms with E-state index in [1.165, 1.54) is 16.5 Å². The van der Waals surface area contributed by atoms with E-state index in [2.05, 4.69) is 19.1 Å². The summed E-state index contributed by atoms with van der Waals surface area (Å²) in [5, 5.41) is 22.3. The van der Waals surface area contributed by atoms with Crippen LogP contribution in [-0.2, 0) is 6.42 Å². The SMILES string of the molecule is C[C@]12CCc3c(ccc4cc(O)ccc34)C1CC[C@@H]2O. The molecule has 0 saturated heterocycles. The van der Waals surface area contributed by atoms with E-state index in [1.807, 2.05) is 12.1 Å². The lowest BCUT2D eigenvalue weighted by Crippen LogP contribution is -2.35. The molecule has 0 heterocycles. The van der Waals surface area contributed by atoms with Crippen LogP contribution in [-0.4, -0.2) is 16.3 Å². The topological polar surface area (TPSA) is 40.5 Å². The van der Waals surface area contributed by atoms with E-state index in [1.54, 1.807) is 6.07 Å². The number of hydrogen-bond donors (Lipinski definition) is 2. The molecule has 1 saturated carbocycles. The lowest BCUT2D eigenvalue weighted by atomic mass is 9.65. The summed E-state index contributed by atoms with van der Waals surface area (Å²) >= 11 is 0. The van der Waals surface area contributed by atoms with Gasteiger partial charge in [-0.2, -0.15) is 0 Å². The smallest absolute Gasteiger partial charge is 0.116 e. The number of phenols is 1. The summed E-state index contributed by atoms with van der Waals surface area (Å²) in [5.74, 6) is 0.814. The second-order valence-corrected chi connectivity index (χ2v) is 6.69. The van der Waals surface area contributed by atoms with Crippen molar-refractivity contribution >= 4 is 10.8 Å². The van der Waals surface area contributed by atoms with Crippen molar-refractivity contribution in [3.8, 4) is 5.75 Å². The zero-order chi connectivity index (χ0) is 13.9. The first-order valence-electron chi connectivity index (χ1n) is 7.52. The van der Waals surface area contributed by atoms with Crippen LogP contribution >= 0.6 is 0 Å². The average Bonchev–Trinajstić information content (AvgIpc) is 2.74. The van der Waals surface area contributed by atoms with Gasteiger partial charge >= 0.3 is 0 Å². The third kappa shape index (κ3) is 1.49. The summed E-state index contributed by atoms with van der Waals surface area (Å²) in [4.78, 5) is 0. The Balaban J connectivity index is 1.93. The van der Waals surface area contributed by atoms with Gasteiger partial charge < -0.3 is 10.2 Å². The molecule has 2 aromatic rings. The number of aromatic hydroxyl groups is 1. The van der Waals surface area contributed by atoms with Crippen LogP contribution in [0.2, 0.25) is 0 Å². The Morgan fingerprint density at radius 2 is 2.00 bits per heavy atom. The van der Waals surface area contributed by atoms with Gasteiger partial charge in [-0.3, -0.25) is 0 Å². The lowest BCUT2D eigenvalue weighted by molar-refractivity contribution is 0.0459. The van der Waals surface area contributed by atoms with Gasteiger partial charge in [0.05, 0.1) is 6.10 Å². The molecular weight excluding hydrogens is 248 g/mol. The summed E-state index contributed by atoms with van der Waals surface area (Å²) in [7, 11) is 0. The first kappa shape index (κ1) is 12.2. The van der Waals surface area contributed by atoms with E-state index in [0.717, 1.165) is 31.1 Å². The third-order valence-electron chi connectivity index (χ3n) is 5.73. The van der Waals surface area contributed by atoms with Crippen LogP contribution in [0.1, 0.15) is 43.2 Å². The quantitative estimate of drug-likeness (QED) is 0.764. The Labute approximate surface area is 119 Å². The van der Waals surface area contributed by atoms with Crippen LogP contribution in [0.3, 0.4) is 0 Å². The van der Waals surface area contributed by atoms with Gasteiger partial charge in [-0.1, -0.05) is 25.1 Å². The van der Waals surface area contributed by atoms with Crippen molar-refractivity contribution in [1.82, 2.24) is 0 Å². The number of hydrogen-bond acceptors (Lipinski definition) is 2. The molecule has 3 atom stereocenters. The summed E-state index contributed by atoms with van der Waals surface area (Å²) < 4.78 is 0. The maximum Gasteiger partial charge on any atom is 0.116 e. The summed E-state index contributed by atoms with van der Waals surface area (Å²) in [6, 6.07) is 9.99. The lowest BCUT2D eigenvalue weighted by Gasteiger charge is -2.40. The molecular formula is C18H20O2. The molecule has 0 radical (unpaired) electrons. The van der Waals surface area contributed by atoms with E-state index in [9.17, 15) is 10.2 Å². The molecule has 0 bridgehead atoms. The Morgan fingerprint density at radius 3 is 2.85 bits per heavy atom. The first-order valence-corrected chi connectivity index (χ1v) is 7.52. The van der Waals surface area contributed by atoms with Crippen LogP contribution in [0.4, 0.5) is 0 Å². The fourth-order valence-corrected chi connectivity index (χ4v) is 4.47. The van der Waals surface area contributed by atoms with E-state index < -0.39 is 0 Å². The van der Waals surface area contributed by atoms with Crippen LogP contribution in [0.25, 0.3) is 10.8 Å². The minimum Gasteiger partial charge on any atom is -0.508 e. The van der Waals surface area contributed by atoms with Gasteiger partial charge in [-0.05, 0) is 65.6 Å². The molecule has 20 heavy (non-hydrogen) atoms. The van der Waals surface area contributed by atoms with Gasteiger partial charge in [0.25, 0.3) is 0 Å². The molecule has 0 amide bonds. The average molecular weight is 268 g/mol. The van der Waals surface area contributed by atoms with Crippen molar-refractivity contribution in [3.05, 3.63) is 41.5 Å². The molecule has 2 aliphatic rings. The zero-order valence-electron chi connectivity index (χ0n) is 11.8. The summed E-state index contributed by atoms with van der Waals surface area (Å²) in [6.07, 6.45) is 3.95. The Morgan fingerprint density at radius 1 is 1.15 bits per heavy atom. The second-order valence-electron chi connectivity index (χ2n) is 6.69. The molecule has 1 fully saturated rings. The standard InChI is InChI=1S/C18H20O2/c1-18-9-8-14-13-5-3-12(19)10-11(13)2-4-15(14)16(18)6-7-17(18)20/h2-5,10,16-17,19-20H,6-9H2,1H3/t16?,17-,18-/m0/s1. The fraction of sp³-hybridized carbons (Fsp3) is 0.444.